The third kappa shape index (κ3) is 3.79. The number of nitrogens with one attached hydrogen (secondary N) is 1. The molecule has 0 aliphatic carbocycles. The average Bonchev–Trinajstić information content (AvgIpc) is 3.12. The molecular formula is C22H19N3O5S. The summed E-state index contributed by atoms with van der Waals surface area (Å²) in [4.78, 5) is 55.7. The van der Waals surface area contributed by atoms with Crippen molar-refractivity contribution in [2.45, 2.75) is 20.3 Å². The first-order chi connectivity index (χ1) is 14.9. The van der Waals surface area contributed by atoms with Gasteiger partial charge in [-0.15, -0.1) is 0 Å². The van der Waals surface area contributed by atoms with Gasteiger partial charge in [0.2, 0.25) is 5.91 Å². The number of hydrogen-bond acceptors (Lipinski definition) is 7. The van der Waals surface area contributed by atoms with Gasteiger partial charge in [0.15, 0.2) is 5.13 Å². The largest absolute Gasteiger partial charge is 0.462 e. The lowest BCUT2D eigenvalue weighted by Gasteiger charge is -2.26. The Morgan fingerprint density at radius 2 is 1.74 bits per heavy atom. The fourth-order valence-electron chi connectivity index (χ4n) is 3.51. The van der Waals surface area contributed by atoms with Gasteiger partial charge in [0.25, 0.3) is 11.8 Å². The molecule has 0 saturated carbocycles. The van der Waals surface area contributed by atoms with Gasteiger partial charge in [0.05, 0.1) is 12.3 Å². The van der Waals surface area contributed by atoms with Gasteiger partial charge in [-0.1, -0.05) is 35.6 Å². The van der Waals surface area contributed by atoms with Crippen LogP contribution in [0.1, 0.15) is 49.4 Å². The van der Waals surface area contributed by atoms with E-state index < -0.39 is 23.7 Å². The molecule has 4 rings (SSSR count). The number of anilines is 1. The number of thiazole rings is 1. The van der Waals surface area contributed by atoms with Crippen LogP contribution in [-0.2, 0) is 9.53 Å². The lowest BCUT2D eigenvalue weighted by Crippen LogP contribution is -2.41. The molecule has 1 N–H and O–H groups in total. The number of nitrogens with zero attached hydrogens (tertiary/aromatic N) is 2. The molecule has 0 atom stereocenters. The van der Waals surface area contributed by atoms with Crippen LogP contribution >= 0.6 is 11.3 Å². The fraction of sp³-hybridized carbons (Fsp3) is 0.227. The zero-order valence-electron chi connectivity index (χ0n) is 16.9. The maximum Gasteiger partial charge on any atom is 0.350 e. The Kier molecular flexibility index (Phi) is 5.51. The third-order valence-corrected chi connectivity index (χ3v) is 5.97. The summed E-state index contributed by atoms with van der Waals surface area (Å²) < 4.78 is 4.97. The molecule has 0 unspecified atom stereocenters. The van der Waals surface area contributed by atoms with Crippen LogP contribution in [0, 0.1) is 6.92 Å². The highest BCUT2D eigenvalue weighted by Gasteiger charge is 2.32. The number of hydrogen-bond donors (Lipinski definition) is 1. The number of imide groups is 1. The first kappa shape index (κ1) is 20.7. The summed E-state index contributed by atoms with van der Waals surface area (Å²) in [5.74, 6) is -1.74. The zero-order valence-corrected chi connectivity index (χ0v) is 17.7. The van der Waals surface area contributed by atoms with Crippen molar-refractivity contribution in [3.63, 3.8) is 0 Å². The predicted octanol–water partition coefficient (Wildman–Crippen LogP) is 3.41. The molecule has 8 nitrogen and oxygen atoms in total. The molecule has 1 aromatic heterocycles. The van der Waals surface area contributed by atoms with Crippen LogP contribution in [0.3, 0.4) is 0 Å². The summed E-state index contributed by atoms with van der Waals surface area (Å²) >= 11 is 1.02. The fourth-order valence-corrected chi connectivity index (χ4v) is 4.39. The molecule has 3 aromatic rings. The van der Waals surface area contributed by atoms with E-state index in [9.17, 15) is 19.2 Å². The Labute approximate surface area is 181 Å². The van der Waals surface area contributed by atoms with E-state index in [2.05, 4.69) is 10.3 Å². The number of rotatable bonds is 6. The molecule has 158 valence electrons. The second kappa shape index (κ2) is 8.27. The number of aromatic nitrogens is 1. The topological polar surface area (TPSA) is 106 Å². The van der Waals surface area contributed by atoms with Gasteiger partial charge < -0.3 is 10.1 Å². The van der Waals surface area contributed by atoms with Crippen molar-refractivity contribution in [1.82, 2.24) is 9.88 Å². The van der Waals surface area contributed by atoms with Crippen molar-refractivity contribution in [3.05, 3.63) is 58.1 Å². The minimum absolute atomic E-state index is 0.0662. The average molecular weight is 437 g/mol. The summed E-state index contributed by atoms with van der Waals surface area (Å²) in [7, 11) is 0. The van der Waals surface area contributed by atoms with E-state index in [0.717, 1.165) is 21.6 Å². The third-order valence-electron chi connectivity index (χ3n) is 4.92. The Bertz CT molecular complexity index is 1180. The molecular weight excluding hydrogens is 418 g/mol. The molecule has 0 bridgehead atoms. The number of carbonyl (C=O) groups excluding carboxylic acids is 4. The molecule has 1 aliphatic rings. The molecule has 0 radical (unpaired) electrons. The summed E-state index contributed by atoms with van der Waals surface area (Å²) in [6.07, 6.45) is -0.0943. The maximum atomic E-state index is 12.9. The number of benzene rings is 2. The van der Waals surface area contributed by atoms with Crippen molar-refractivity contribution in [2.75, 3.05) is 18.5 Å². The summed E-state index contributed by atoms with van der Waals surface area (Å²) in [6.45, 7) is 3.54. The SMILES string of the molecule is CCOC(=O)c1sc(NC(=O)CCN2C(=O)c3cccc4cccc(c34)C2=O)nc1C. The molecule has 3 amide bonds. The van der Waals surface area contributed by atoms with Crippen molar-refractivity contribution >= 4 is 50.9 Å². The Morgan fingerprint density at radius 3 is 2.35 bits per heavy atom. The first-order valence-electron chi connectivity index (χ1n) is 9.73. The summed E-state index contributed by atoms with van der Waals surface area (Å²) in [5.41, 5.74) is 1.36. The molecule has 2 aromatic carbocycles. The lowest BCUT2D eigenvalue weighted by molar-refractivity contribution is -0.116. The molecule has 1 aliphatic heterocycles. The quantitative estimate of drug-likeness (QED) is 0.468. The first-order valence-corrected chi connectivity index (χ1v) is 10.5. The standard InChI is InChI=1S/C22H19N3O5S/c1-3-30-21(29)18-12(2)23-22(31-18)24-16(26)10-11-25-19(27)14-8-4-6-13-7-5-9-15(17(13)14)20(25)28/h4-9H,3,10-11H2,1-2H3,(H,23,24,26). The minimum atomic E-state index is -0.490. The molecule has 2 heterocycles. The van der Waals surface area contributed by atoms with Gasteiger partial charge in [0, 0.05) is 29.5 Å². The predicted molar refractivity (Wildman–Crippen MR) is 115 cm³/mol. The van der Waals surface area contributed by atoms with Crippen LogP contribution in [0.15, 0.2) is 36.4 Å². The van der Waals surface area contributed by atoms with Crippen molar-refractivity contribution in [2.24, 2.45) is 0 Å². The van der Waals surface area contributed by atoms with Crippen LogP contribution in [0.2, 0.25) is 0 Å². The van der Waals surface area contributed by atoms with Crippen LogP contribution < -0.4 is 5.32 Å². The van der Waals surface area contributed by atoms with Crippen LogP contribution in [0.5, 0.6) is 0 Å². The normalized spacial score (nSPS) is 12.9. The smallest absolute Gasteiger partial charge is 0.350 e. The summed E-state index contributed by atoms with van der Waals surface area (Å²) in [6, 6.07) is 10.6. The second-order valence-electron chi connectivity index (χ2n) is 6.92. The zero-order chi connectivity index (χ0) is 22.1. The Hall–Kier alpha value is -3.59. The van der Waals surface area contributed by atoms with E-state index >= 15 is 0 Å². The number of carbonyl (C=O) groups is 4. The van der Waals surface area contributed by atoms with E-state index in [1.807, 2.05) is 12.1 Å². The number of amides is 3. The second-order valence-corrected chi connectivity index (χ2v) is 7.92. The minimum Gasteiger partial charge on any atom is -0.462 e. The van der Waals surface area contributed by atoms with Gasteiger partial charge in [-0.05, 0) is 31.4 Å². The summed E-state index contributed by atoms with van der Waals surface area (Å²) in [5, 5.41) is 4.35. The van der Waals surface area contributed by atoms with Crippen LogP contribution in [0.25, 0.3) is 10.8 Å². The number of aryl methyl sites for hydroxylation is 1. The van der Waals surface area contributed by atoms with E-state index in [0.29, 0.717) is 27.1 Å². The van der Waals surface area contributed by atoms with Gasteiger partial charge in [-0.25, -0.2) is 9.78 Å². The van der Waals surface area contributed by atoms with Crippen molar-refractivity contribution in [3.8, 4) is 0 Å². The van der Waals surface area contributed by atoms with Crippen molar-refractivity contribution in [1.29, 1.82) is 0 Å². The van der Waals surface area contributed by atoms with Gasteiger partial charge in [-0.3, -0.25) is 19.3 Å². The van der Waals surface area contributed by atoms with Gasteiger partial charge in [0.1, 0.15) is 4.88 Å². The molecule has 0 spiro atoms. The molecule has 0 fully saturated rings. The number of ether oxygens (including phenoxy) is 1. The molecule has 9 heteroatoms. The highest BCUT2D eigenvalue weighted by molar-refractivity contribution is 7.17. The van der Waals surface area contributed by atoms with E-state index in [-0.39, 0.29) is 24.7 Å². The Morgan fingerprint density at radius 1 is 1.10 bits per heavy atom. The van der Waals surface area contributed by atoms with Crippen molar-refractivity contribution < 1.29 is 23.9 Å². The highest BCUT2D eigenvalue weighted by atomic mass is 32.1. The van der Waals surface area contributed by atoms with Crippen LogP contribution in [-0.4, -0.2) is 46.7 Å². The van der Waals surface area contributed by atoms with E-state index in [1.165, 1.54) is 0 Å². The number of esters is 1. The van der Waals surface area contributed by atoms with Gasteiger partial charge in [-0.2, -0.15) is 0 Å². The monoisotopic (exact) mass is 437 g/mol. The van der Waals surface area contributed by atoms with Gasteiger partial charge >= 0.3 is 5.97 Å². The lowest BCUT2D eigenvalue weighted by atomic mass is 9.94. The molecule has 31 heavy (non-hydrogen) atoms. The highest BCUT2D eigenvalue weighted by Crippen LogP contribution is 2.30. The van der Waals surface area contributed by atoms with E-state index in [1.54, 1.807) is 38.1 Å². The molecule has 0 saturated heterocycles. The van der Waals surface area contributed by atoms with E-state index in [4.69, 9.17) is 4.74 Å². The van der Waals surface area contributed by atoms with Crippen LogP contribution in [0.4, 0.5) is 5.13 Å². The Balaban J connectivity index is 1.46. The maximum absolute atomic E-state index is 12.9.